The van der Waals surface area contributed by atoms with Gasteiger partial charge < -0.3 is 125 Å². The van der Waals surface area contributed by atoms with E-state index in [0.29, 0.717) is 108 Å². The lowest BCUT2D eigenvalue weighted by atomic mass is 9.44. The molecule has 13 rings (SSSR count). The quantitative estimate of drug-likeness (QED) is 0.0342. The van der Waals surface area contributed by atoms with Crippen molar-refractivity contribution < 1.29 is 134 Å². The fourth-order valence-electron chi connectivity index (χ4n) is 21.6. The highest BCUT2D eigenvalue weighted by atomic mass is 19.1. The number of fused-ring (bicyclic) bond motifs is 11. The fraction of sp³-hybridized carbons (Fsp3) is 0.657. The first kappa shape index (κ1) is 110. The van der Waals surface area contributed by atoms with E-state index < -0.39 is 179 Å². The van der Waals surface area contributed by atoms with Gasteiger partial charge >= 0.3 is 0 Å². The number of ether oxygens (including phenoxy) is 12. The van der Waals surface area contributed by atoms with Crippen LogP contribution in [0.15, 0.2) is 108 Å². The van der Waals surface area contributed by atoms with Crippen LogP contribution in [-0.2, 0) is 102 Å². The van der Waals surface area contributed by atoms with Gasteiger partial charge in [0.05, 0.1) is 147 Å². The topological polar surface area (TPSA) is 492 Å². The molecule has 0 bridgehead atoms. The second-order valence-corrected chi connectivity index (χ2v) is 38.9. The van der Waals surface area contributed by atoms with E-state index in [1.54, 1.807) is 52.0 Å². The maximum Gasteiger partial charge on any atom is 0.246 e. The molecule has 6 aliphatic carbocycles. The summed E-state index contributed by atoms with van der Waals surface area (Å²) in [6.45, 7) is 15.0. The van der Waals surface area contributed by atoms with Gasteiger partial charge in [-0.2, -0.15) is 0 Å². The number of carbonyl (C=O) groups is 9. The number of Topliss-reactive ketones (excluding diaryl/α,β-unsaturated/α-hetero) is 3. The predicted octanol–water partition coefficient (Wildman–Crippen LogP) is 4.66. The number of nitrogens with zero attached hydrogens (tertiary/aromatic N) is 2. The van der Waals surface area contributed by atoms with Gasteiger partial charge in [0.2, 0.25) is 35.3 Å². The molecule has 3 unspecified atom stereocenters. The van der Waals surface area contributed by atoms with Gasteiger partial charge in [-0.25, -0.2) is 8.78 Å². The molecule has 0 spiro atoms. The summed E-state index contributed by atoms with van der Waals surface area (Å²) in [6, 6.07) is 19.8. The first-order valence-corrected chi connectivity index (χ1v) is 50.4. The number of allylic oxidation sites excluding steroid dienone is 5. The molecule has 0 radical (unpaired) electrons. The van der Waals surface area contributed by atoms with Crippen molar-refractivity contribution in [3.05, 3.63) is 130 Å². The number of anilines is 1. The lowest BCUT2D eigenvalue weighted by Crippen LogP contribution is -2.71. The van der Waals surface area contributed by atoms with Crippen LogP contribution in [0.2, 0.25) is 0 Å². The molecule has 3 saturated carbocycles. The monoisotopic (exact) mass is 1990 g/mol. The molecular weight excluding hydrogens is 1850 g/mol. The Balaban J connectivity index is 0.535. The van der Waals surface area contributed by atoms with Crippen molar-refractivity contribution in [3.63, 3.8) is 0 Å². The minimum absolute atomic E-state index is 0.00985. The van der Waals surface area contributed by atoms with Gasteiger partial charge in [0, 0.05) is 90.7 Å². The van der Waals surface area contributed by atoms with E-state index in [-0.39, 0.29) is 147 Å². The van der Waals surface area contributed by atoms with Crippen LogP contribution in [0, 0.1) is 34.5 Å². The normalized spacial score (nSPS) is 28.1. The summed E-state index contributed by atoms with van der Waals surface area (Å²) in [4.78, 5) is 125. The van der Waals surface area contributed by atoms with Gasteiger partial charge in [-0.05, 0) is 150 Å². The summed E-state index contributed by atoms with van der Waals surface area (Å²) in [5.74, 6) is -7.29. The van der Waals surface area contributed by atoms with E-state index in [4.69, 9.17) is 56.8 Å². The molecule has 10 aliphatic rings. The molecular formula is C102H146F2N12O26. The molecule has 38 nitrogen and oxygen atoms in total. The zero-order valence-corrected chi connectivity index (χ0v) is 82.5. The fourth-order valence-corrected chi connectivity index (χ4v) is 21.6. The highest BCUT2D eigenvalue weighted by molar-refractivity contribution is 6.02. The van der Waals surface area contributed by atoms with Crippen LogP contribution >= 0.6 is 0 Å². The van der Waals surface area contributed by atoms with E-state index in [0.717, 1.165) is 65.5 Å². The lowest BCUT2D eigenvalue weighted by molar-refractivity contribution is -0.266. The molecule has 15 N–H and O–H groups in total. The summed E-state index contributed by atoms with van der Waals surface area (Å²) >= 11 is 0. The number of hydrogen-bond donors (Lipinski definition) is 15. The summed E-state index contributed by atoms with van der Waals surface area (Å²) in [5.41, 5.74) is 12.9. The van der Waals surface area contributed by atoms with Crippen LogP contribution in [0.3, 0.4) is 0 Å². The zero-order valence-electron chi connectivity index (χ0n) is 82.5. The summed E-state index contributed by atoms with van der Waals surface area (Å²) in [6.07, 6.45) is -4.01. The Labute approximate surface area is 827 Å². The number of aliphatic hydroxyl groups is 5. The number of nitrogens with one attached hydrogen (secondary N) is 10. The van der Waals surface area contributed by atoms with E-state index in [1.807, 2.05) is 61.4 Å². The van der Waals surface area contributed by atoms with Gasteiger partial charge in [0.1, 0.15) is 67.5 Å². The second-order valence-electron chi connectivity index (χ2n) is 38.9. The summed E-state index contributed by atoms with van der Waals surface area (Å²) in [5, 5.41) is 74.8. The third-order valence-electron chi connectivity index (χ3n) is 29.1. The number of hydrogen-bond acceptors (Lipinski definition) is 33. The summed E-state index contributed by atoms with van der Waals surface area (Å²) < 4.78 is 106. The smallest absolute Gasteiger partial charge is 0.246 e. The minimum atomic E-state index is -2.38. The van der Waals surface area contributed by atoms with Crippen molar-refractivity contribution >= 4 is 69.8 Å². The molecule has 0 aromatic heterocycles. The van der Waals surface area contributed by atoms with Crippen molar-refractivity contribution in [2.45, 2.75) is 248 Å². The number of unbranched alkanes of at least 4 members (excludes halogenated alkanes) is 1. The Hall–Kier alpha value is -9.25. The first-order chi connectivity index (χ1) is 68.5. The van der Waals surface area contributed by atoms with Crippen LogP contribution in [0.1, 0.15) is 179 Å². The van der Waals surface area contributed by atoms with Crippen LogP contribution in [0.25, 0.3) is 11.4 Å². The van der Waals surface area contributed by atoms with Crippen molar-refractivity contribution in [2.75, 3.05) is 151 Å². The SMILES string of the molecule is CCCC1O[C@@H]2C[C@H]3[C@@H]4C[C@H](F)C5=CC(=O)C=C[C@]5(C)[C@@]4(F)[C@@H](O)C[C@]3(C)[C@]2(C(=O)COc2ccc(NC(=O)[C@H](C)CC(=O)[C@@H](NC(=O)[C@@H](CCCCNC(=O)COC3CCCCCC4=C3NNN4[C@@H]3O[C@H](CO)[C@H](O)[C@H](O)[C@H]3O)NC(=O)CCOCCOCCOCCOCCNC(=O)CCC(=O)C3Cc4ccccc4C4=C(NNN4CCOCCOCCOCCNC)c4ccccc43)C(C)C)cc2)O1. The minimum Gasteiger partial charge on any atom is -0.486 e. The number of likely N-dealkylation sites (N-methyl/N-ethyl adjacent to an activating group) is 1. The number of amides is 5. The van der Waals surface area contributed by atoms with Crippen molar-refractivity contribution in [1.82, 2.24) is 58.5 Å². The highest BCUT2D eigenvalue weighted by Gasteiger charge is 2.80. The van der Waals surface area contributed by atoms with Gasteiger partial charge in [0.25, 0.3) is 0 Å². The van der Waals surface area contributed by atoms with Crippen LogP contribution in [0.4, 0.5) is 14.5 Å². The molecule has 5 amide bonds. The van der Waals surface area contributed by atoms with Gasteiger partial charge in [-0.1, -0.05) is 108 Å². The molecule has 142 heavy (non-hydrogen) atoms. The maximum absolute atomic E-state index is 18.1. The first-order valence-electron chi connectivity index (χ1n) is 50.4. The van der Waals surface area contributed by atoms with Crippen molar-refractivity contribution in [2.24, 2.45) is 34.5 Å². The van der Waals surface area contributed by atoms with Crippen molar-refractivity contribution in [1.29, 1.82) is 0 Å². The molecule has 4 aliphatic heterocycles. The number of carbonyl (C=O) groups excluding carboxylic acids is 9. The Kier molecular flexibility index (Phi) is 40.4. The molecule has 5 fully saturated rings. The van der Waals surface area contributed by atoms with E-state index in [1.165, 1.54) is 24.1 Å². The molecule has 3 aromatic carbocycles. The molecule has 2 saturated heterocycles. The van der Waals surface area contributed by atoms with E-state index in [2.05, 4.69) is 59.9 Å². The van der Waals surface area contributed by atoms with Gasteiger partial charge in [0.15, 0.2) is 35.4 Å². The standard InChI is InChI=1S/C102H146F2N12O26/c1-8-18-88-141-84-57-72-73-56-75(103)74-55-66(118)32-34-99(74,5)101(73,104)82(121)58-100(72,6)102(84,142-88)83(122)60-138-67-28-26-65(27-29-67)108-96(129)63(4)53-79(120)89(62(2)3)110-97(130)76(23-16-17-35-106-87(125)61-139-80-25-11-9-10-24-77-91(80)112-114-116(77)98-95(128)94(127)93(126)81(59-117)140-98)109-86(124)33-39-131-43-47-135-51-52-137-49-45-133-41-37-107-85(123)31-30-78(119)71-54-64-19-12-13-20-68(64)92-90(70-22-15-14-21-69(70)71)111-113-115(92)38-42-134-46-50-136-48-44-132-40-36-105-7/h12-15,19-22,26-29,32,34,55,62-63,71-73,75-76,80-82,84,88-89,93-95,98,105,111-114,117,121,126-128H,8-11,16-18,23-25,30-31,33,35-54,56-61H2,1-7H3,(H,106,125)(H,107,123)(H,108,129)(H,109,124)(H,110,130)/t63-,71?,72+,73+,75+,76-,80?,81-,82+,84-,88?,89+,93+,94+,95-,98-,99+,100+,101+,102-/m1/s1. The Morgan fingerprint density at radius 2 is 1.35 bits per heavy atom. The second kappa shape index (κ2) is 52.2. The molecule has 3 aromatic rings. The number of rotatable bonds is 56. The number of hydrazine groups is 4. The Morgan fingerprint density at radius 3 is 2.06 bits per heavy atom. The van der Waals surface area contributed by atoms with Crippen LogP contribution in [0.5, 0.6) is 5.75 Å². The van der Waals surface area contributed by atoms with Gasteiger partial charge in [-0.15, -0.1) is 11.1 Å². The average Bonchev–Trinajstić information content (AvgIpc) is 1.52. The van der Waals surface area contributed by atoms with Crippen LogP contribution in [-0.4, -0.2) is 319 Å². The maximum atomic E-state index is 18.1. The molecule has 784 valence electrons. The molecule has 4 heterocycles. The molecule has 20 atom stereocenters. The van der Waals surface area contributed by atoms with Gasteiger partial charge in [-0.3, -0.25) is 53.2 Å². The number of alkyl halides is 2. The summed E-state index contributed by atoms with van der Waals surface area (Å²) in [7, 11) is 1.88. The van der Waals surface area contributed by atoms with Crippen molar-refractivity contribution in [3.8, 4) is 5.75 Å². The molecule has 40 heteroatoms. The third kappa shape index (κ3) is 26.2. The highest BCUT2D eigenvalue weighted by Crippen LogP contribution is 2.72. The Morgan fingerprint density at radius 1 is 0.676 bits per heavy atom. The lowest BCUT2D eigenvalue weighted by Gasteiger charge is -2.63. The number of halogens is 2. The third-order valence-corrected chi connectivity index (χ3v) is 29.1. The zero-order chi connectivity index (χ0) is 101. The average molecular weight is 1990 g/mol. The van der Waals surface area contributed by atoms with E-state index in [9.17, 15) is 68.7 Å². The number of ketones is 4. The van der Waals surface area contributed by atoms with Crippen LogP contribution < -0.4 is 58.6 Å². The van der Waals surface area contributed by atoms with E-state index >= 15 is 8.78 Å². The predicted molar refractivity (Wildman–Crippen MR) is 514 cm³/mol. The number of benzene rings is 3. The largest absolute Gasteiger partial charge is 0.486 e. The number of aliphatic hydroxyl groups excluding tert-OH is 5. The Bertz CT molecular complexity index is 4900.